The molecule has 0 spiro atoms. The number of hydrogen-bond donors (Lipinski definition) is 2. The van der Waals surface area contributed by atoms with Crippen LogP contribution < -0.4 is 14.2 Å². The Bertz CT molecular complexity index is 1110. The number of nitrogens with zero attached hydrogens (tertiary/aromatic N) is 1. The van der Waals surface area contributed by atoms with Crippen LogP contribution in [0.2, 0.25) is 5.02 Å². The van der Waals surface area contributed by atoms with Crippen molar-refractivity contribution < 1.29 is 24.4 Å². The van der Waals surface area contributed by atoms with Crippen molar-refractivity contribution >= 4 is 11.6 Å². The minimum atomic E-state index is -0.114. The highest BCUT2D eigenvalue weighted by atomic mass is 35.5. The van der Waals surface area contributed by atoms with Crippen LogP contribution in [-0.4, -0.2) is 43.0 Å². The van der Waals surface area contributed by atoms with Crippen LogP contribution in [0, 0.1) is 0 Å². The Kier molecular flexibility index (Phi) is 6.86. The normalized spacial score (nSPS) is 15.7. The molecule has 1 heterocycles. The van der Waals surface area contributed by atoms with Gasteiger partial charge in [-0.2, -0.15) is 0 Å². The molecule has 0 saturated carbocycles. The predicted octanol–water partition coefficient (Wildman–Crippen LogP) is 5.12. The lowest BCUT2D eigenvalue weighted by Gasteiger charge is -2.38. The summed E-state index contributed by atoms with van der Waals surface area (Å²) in [6, 6.07) is 15.1. The number of methoxy groups -OCH3 is 3. The van der Waals surface area contributed by atoms with Crippen LogP contribution in [0.1, 0.15) is 28.3 Å². The van der Waals surface area contributed by atoms with Crippen molar-refractivity contribution in [1.29, 1.82) is 0 Å². The van der Waals surface area contributed by atoms with Gasteiger partial charge in [0, 0.05) is 24.2 Å². The molecular weight excluding hydrogens is 442 g/mol. The molecule has 0 radical (unpaired) electrons. The molecule has 1 atom stereocenters. The summed E-state index contributed by atoms with van der Waals surface area (Å²) in [4.78, 5) is 2.38. The second kappa shape index (κ2) is 9.81. The highest BCUT2D eigenvalue weighted by molar-refractivity contribution is 6.30. The number of ether oxygens (including phenoxy) is 3. The fourth-order valence-electron chi connectivity index (χ4n) is 4.51. The standard InChI is InChI=1S/C26H28ClNO5/c1-31-24-11-17(12-25(32-2)26(24)33-3)10-21-20-14-23(30)22(29)13-18(20)8-9-28(21)15-16-4-6-19(27)7-5-16/h4-7,11-14,21,29-30H,8-10,15H2,1-3H3. The Morgan fingerprint density at radius 1 is 0.879 bits per heavy atom. The predicted molar refractivity (Wildman–Crippen MR) is 128 cm³/mol. The molecule has 2 N–H and O–H groups in total. The number of aromatic hydroxyl groups is 2. The first-order valence-corrected chi connectivity index (χ1v) is 11.1. The molecule has 0 fully saturated rings. The van der Waals surface area contributed by atoms with Crippen molar-refractivity contribution in [2.75, 3.05) is 27.9 Å². The van der Waals surface area contributed by atoms with Gasteiger partial charge in [-0.25, -0.2) is 0 Å². The van der Waals surface area contributed by atoms with Gasteiger partial charge in [0.2, 0.25) is 5.75 Å². The van der Waals surface area contributed by atoms with Crippen molar-refractivity contribution in [3.05, 3.63) is 75.8 Å². The van der Waals surface area contributed by atoms with Gasteiger partial charge in [0.15, 0.2) is 23.0 Å². The maximum atomic E-state index is 10.3. The number of rotatable bonds is 7. The van der Waals surface area contributed by atoms with E-state index in [9.17, 15) is 10.2 Å². The SMILES string of the molecule is COc1cc(CC2c3cc(O)c(O)cc3CCN2Cc2ccc(Cl)cc2)cc(OC)c1OC. The zero-order valence-electron chi connectivity index (χ0n) is 19.0. The van der Waals surface area contributed by atoms with Crippen molar-refractivity contribution in [2.24, 2.45) is 0 Å². The van der Waals surface area contributed by atoms with Gasteiger partial charge in [-0.3, -0.25) is 4.90 Å². The molecule has 4 rings (SSSR count). The summed E-state index contributed by atoms with van der Waals surface area (Å²) < 4.78 is 16.6. The number of phenols is 2. The van der Waals surface area contributed by atoms with Crippen LogP contribution in [0.3, 0.4) is 0 Å². The van der Waals surface area contributed by atoms with E-state index < -0.39 is 0 Å². The zero-order valence-corrected chi connectivity index (χ0v) is 19.7. The van der Waals surface area contributed by atoms with Crippen LogP contribution in [0.4, 0.5) is 0 Å². The molecule has 1 unspecified atom stereocenters. The molecule has 1 aliphatic rings. The average Bonchev–Trinajstić information content (AvgIpc) is 2.82. The Balaban J connectivity index is 1.74. The van der Waals surface area contributed by atoms with E-state index in [-0.39, 0.29) is 17.5 Å². The molecule has 1 aliphatic heterocycles. The van der Waals surface area contributed by atoms with Gasteiger partial charge in [-0.1, -0.05) is 23.7 Å². The second-order valence-corrected chi connectivity index (χ2v) is 8.58. The van der Waals surface area contributed by atoms with Crippen molar-refractivity contribution in [3.8, 4) is 28.7 Å². The summed E-state index contributed by atoms with van der Waals surface area (Å²) in [6.07, 6.45) is 1.43. The second-order valence-electron chi connectivity index (χ2n) is 8.14. The van der Waals surface area contributed by atoms with E-state index in [2.05, 4.69) is 4.90 Å². The van der Waals surface area contributed by atoms with Crippen LogP contribution in [0.15, 0.2) is 48.5 Å². The van der Waals surface area contributed by atoms with Crippen LogP contribution in [0.25, 0.3) is 0 Å². The third kappa shape index (κ3) is 4.82. The maximum absolute atomic E-state index is 10.3. The Morgan fingerprint density at radius 3 is 2.12 bits per heavy atom. The summed E-state index contributed by atoms with van der Waals surface area (Å²) in [5.74, 6) is 1.54. The molecule has 174 valence electrons. The van der Waals surface area contributed by atoms with E-state index in [1.54, 1.807) is 33.5 Å². The van der Waals surface area contributed by atoms with Gasteiger partial charge in [0.1, 0.15) is 0 Å². The summed E-state index contributed by atoms with van der Waals surface area (Å²) in [5.41, 5.74) is 4.20. The van der Waals surface area contributed by atoms with Gasteiger partial charge >= 0.3 is 0 Å². The van der Waals surface area contributed by atoms with Crippen molar-refractivity contribution in [3.63, 3.8) is 0 Å². The molecule has 3 aromatic rings. The van der Waals surface area contributed by atoms with Crippen LogP contribution in [-0.2, 0) is 19.4 Å². The molecule has 0 aromatic heterocycles. The smallest absolute Gasteiger partial charge is 0.203 e. The first-order chi connectivity index (χ1) is 15.9. The van der Waals surface area contributed by atoms with E-state index in [0.29, 0.717) is 28.7 Å². The topological polar surface area (TPSA) is 71.4 Å². The maximum Gasteiger partial charge on any atom is 0.203 e. The number of halogens is 1. The fraction of sp³-hybridized carbons (Fsp3) is 0.308. The Hall–Kier alpha value is -3.09. The monoisotopic (exact) mass is 469 g/mol. The Labute approximate surface area is 198 Å². The summed E-state index contributed by atoms with van der Waals surface area (Å²) >= 11 is 6.07. The van der Waals surface area contributed by atoms with Gasteiger partial charge in [0.05, 0.1) is 21.3 Å². The largest absolute Gasteiger partial charge is 0.504 e. The lowest BCUT2D eigenvalue weighted by Crippen LogP contribution is -2.36. The average molecular weight is 470 g/mol. The quantitative estimate of drug-likeness (QED) is 0.468. The Morgan fingerprint density at radius 2 is 1.52 bits per heavy atom. The number of phenolic OH excluding ortho intramolecular Hbond substituents is 2. The summed E-state index contributed by atoms with van der Waals surface area (Å²) in [5, 5.41) is 21.0. The van der Waals surface area contributed by atoms with E-state index >= 15 is 0 Å². The molecule has 6 nitrogen and oxygen atoms in total. The zero-order chi connectivity index (χ0) is 23.5. The minimum absolute atomic E-state index is 0.0289. The first kappa shape index (κ1) is 23.1. The van der Waals surface area contributed by atoms with E-state index in [1.807, 2.05) is 36.4 Å². The molecule has 0 aliphatic carbocycles. The molecule has 0 saturated heterocycles. The molecule has 7 heteroatoms. The number of hydrogen-bond acceptors (Lipinski definition) is 6. The highest BCUT2D eigenvalue weighted by Crippen LogP contribution is 2.42. The van der Waals surface area contributed by atoms with Crippen molar-refractivity contribution in [1.82, 2.24) is 4.90 Å². The minimum Gasteiger partial charge on any atom is -0.504 e. The van der Waals surface area contributed by atoms with Crippen LogP contribution in [0.5, 0.6) is 28.7 Å². The van der Waals surface area contributed by atoms with Gasteiger partial charge in [0.25, 0.3) is 0 Å². The number of benzene rings is 3. The number of fused-ring (bicyclic) bond motifs is 1. The lowest BCUT2D eigenvalue weighted by atomic mass is 9.87. The fourth-order valence-corrected chi connectivity index (χ4v) is 4.63. The third-order valence-electron chi connectivity index (χ3n) is 6.16. The van der Waals surface area contributed by atoms with Gasteiger partial charge in [-0.15, -0.1) is 0 Å². The van der Waals surface area contributed by atoms with E-state index in [0.717, 1.165) is 41.8 Å². The molecule has 0 amide bonds. The van der Waals surface area contributed by atoms with Crippen LogP contribution >= 0.6 is 11.6 Å². The molecule has 3 aromatic carbocycles. The first-order valence-electron chi connectivity index (χ1n) is 10.8. The van der Waals surface area contributed by atoms with Gasteiger partial charge in [-0.05, 0) is 71.5 Å². The summed E-state index contributed by atoms with van der Waals surface area (Å²) in [6.45, 7) is 1.54. The molecule has 0 bridgehead atoms. The summed E-state index contributed by atoms with van der Waals surface area (Å²) in [7, 11) is 4.79. The highest BCUT2D eigenvalue weighted by Gasteiger charge is 2.30. The molecule has 33 heavy (non-hydrogen) atoms. The van der Waals surface area contributed by atoms with E-state index in [4.69, 9.17) is 25.8 Å². The molecular formula is C26H28ClNO5. The third-order valence-corrected chi connectivity index (χ3v) is 6.41. The lowest BCUT2D eigenvalue weighted by molar-refractivity contribution is 0.174. The van der Waals surface area contributed by atoms with Gasteiger partial charge < -0.3 is 24.4 Å². The van der Waals surface area contributed by atoms with E-state index in [1.165, 1.54) is 0 Å². The van der Waals surface area contributed by atoms with Crippen molar-refractivity contribution in [2.45, 2.75) is 25.4 Å².